The Hall–Kier alpha value is -2.05. The summed E-state index contributed by atoms with van der Waals surface area (Å²) in [6.07, 6.45) is 1.82. The first-order valence-electron chi connectivity index (χ1n) is 8.29. The number of ether oxygens (including phenoxy) is 1. The van der Waals surface area contributed by atoms with Gasteiger partial charge in [-0.15, -0.1) is 0 Å². The van der Waals surface area contributed by atoms with Crippen LogP contribution in [0.1, 0.15) is 42.2 Å². The Bertz CT molecular complexity index is 879. The summed E-state index contributed by atoms with van der Waals surface area (Å²) in [6, 6.07) is 11.2. The molecule has 0 aromatic heterocycles. The van der Waals surface area contributed by atoms with E-state index in [-0.39, 0.29) is 16.8 Å². The molecule has 0 saturated heterocycles. The summed E-state index contributed by atoms with van der Waals surface area (Å²) >= 11 is 6.14. The Balaban J connectivity index is 2.16. The van der Waals surface area contributed by atoms with Crippen LogP contribution in [0.3, 0.4) is 0 Å². The highest BCUT2D eigenvalue weighted by Gasteiger charge is 2.16. The molecule has 0 saturated carbocycles. The number of sulfone groups is 1. The predicted octanol–water partition coefficient (Wildman–Crippen LogP) is 4.02. The van der Waals surface area contributed by atoms with Gasteiger partial charge >= 0.3 is 0 Å². The van der Waals surface area contributed by atoms with Crippen molar-refractivity contribution in [1.82, 2.24) is 5.32 Å². The maximum absolute atomic E-state index is 12.5. The number of carbonyl (C=O) groups excluding carboxylic acids is 1. The zero-order valence-electron chi connectivity index (χ0n) is 15.0. The second-order valence-electron chi connectivity index (χ2n) is 5.85. The molecule has 140 valence electrons. The lowest BCUT2D eigenvalue weighted by atomic mass is 10.0. The van der Waals surface area contributed by atoms with Crippen molar-refractivity contribution < 1.29 is 17.9 Å². The van der Waals surface area contributed by atoms with Crippen LogP contribution in [0.4, 0.5) is 0 Å². The molecule has 26 heavy (non-hydrogen) atoms. The van der Waals surface area contributed by atoms with Crippen LogP contribution in [-0.4, -0.2) is 27.2 Å². The van der Waals surface area contributed by atoms with Gasteiger partial charge in [0, 0.05) is 11.8 Å². The van der Waals surface area contributed by atoms with Gasteiger partial charge in [0.05, 0.1) is 22.6 Å². The van der Waals surface area contributed by atoms with Gasteiger partial charge < -0.3 is 10.1 Å². The van der Waals surface area contributed by atoms with Crippen LogP contribution in [0.5, 0.6) is 5.75 Å². The molecule has 0 bridgehead atoms. The van der Waals surface area contributed by atoms with Crippen LogP contribution < -0.4 is 10.1 Å². The topological polar surface area (TPSA) is 72.5 Å². The molecule has 0 heterocycles. The van der Waals surface area contributed by atoms with Crippen molar-refractivity contribution in [3.8, 4) is 5.75 Å². The molecule has 0 radical (unpaired) electrons. The molecule has 1 atom stereocenters. The van der Waals surface area contributed by atoms with Gasteiger partial charge in [0.2, 0.25) is 0 Å². The quantitative estimate of drug-likeness (QED) is 0.768. The minimum atomic E-state index is -3.25. The fourth-order valence-corrected chi connectivity index (χ4v) is 3.39. The largest absolute Gasteiger partial charge is 0.492 e. The summed E-state index contributed by atoms with van der Waals surface area (Å²) in [5.74, 6) is 0.281. The molecule has 0 aliphatic rings. The first-order chi connectivity index (χ1) is 12.3. The predicted molar refractivity (Wildman–Crippen MR) is 103 cm³/mol. The van der Waals surface area contributed by atoms with Crippen molar-refractivity contribution in [2.24, 2.45) is 0 Å². The van der Waals surface area contributed by atoms with Crippen LogP contribution >= 0.6 is 11.6 Å². The molecule has 5 nitrogen and oxygen atoms in total. The highest BCUT2D eigenvalue weighted by atomic mass is 35.5. The van der Waals surface area contributed by atoms with Gasteiger partial charge in [0.1, 0.15) is 5.75 Å². The van der Waals surface area contributed by atoms with Gasteiger partial charge in [-0.05, 0) is 49.2 Å². The zero-order chi connectivity index (χ0) is 19.3. The van der Waals surface area contributed by atoms with Crippen molar-refractivity contribution in [3.05, 3.63) is 58.6 Å². The number of hydrogen-bond donors (Lipinski definition) is 1. The van der Waals surface area contributed by atoms with Crippen LogP contribution in [0, 0.1) is 0 Å². The second kappa shape index (κ2) is 8.56. The van der Waals surface area contributed by atoms with E-state index >= 15 is 0 Å². The first-order valence-corrected chi connectivity index (χ1v) is 10.6. The molecule has 2 aromatic rings. The summed E-state index contributed by atoms with van der Waals surface area (Å²) in [5.41, 5.74) is 1.27. The van der Waals surface area contributed by atoms with E-state index in [1.165, 1.54) is 0 Å². The standard InChI is InChI=1S/C19H22ClNO4S/c1-4-17(13-6-9-15(10-7-13)26(3,23)24)21-19(22)14-8-11-18(25-5-2)16(20)12-14/h6-12,17H,4-5H2,1-3H3,(H,21,22)/t17-/m0/s1. The monoisotopic (exact) mass is 395 g/mol. The number of benzene rings is 2. The van der Waals surface area contributed by atoms with Gasteiger partial charge in [-0.2, -0.15) is 0 Å². The number of halogens is 1. The molecular weight excluding hydrogens is 374 g/mol. The Morgan fingerprint density at radius 2 is 1.81 bits per heavy atom. The molecular formula is C19H22ClNO4S. The van der Waals surface area contributed by atoms with Crippen LogP contribution in [0.2, 0.25) is 5.02 Å². The van der Waals surface area contributed by atoms with Crippen molar-refractivity contribution >= 4 is 27.3 Å². The number of amides is 1. The normalized spacial score (nSPS) is 12.5. The molecule has 1 N–H and O–H groups in total. The molecule has 2 rings (SSSR count). The lowest BCUT2D eigenvalue weighted by Gasteiger charge is -2.18. The van der Waals surface area contributed by atoms with Gasteiger partial charge in [-0.25, -0.2) is 8.42 Å². The first kappa shape index (κ1) is 20.3. The fraction of sp³-hybridized carbons (Fsp3) is 0.316. The van der Waals surface area contributed by atoms with E-state index in [4.69, 9.17) is 16.3 Å². The summed E-state index contributed by atoms with van der Waals surface area (Å²) < 4.78 is 28.5. The average molecular weight is 396 g/mol. The third-order valence-electron chi connectivity index (χ3n) is 3.92. The van der Waals surface area contributed by atoms with E-state index in [0.29, 0.717) is 29.4 Å². The SMILES string of the molecule is CCOc1ccc(C(=O)N[C@@H](CC)c2ccc(S(C)(=O)=O)cc2)cc1Cl. The van der Waals surface area contributed by atoms with Crippen molar-refractivity contribution in [3.63, 3.8) is 0 Å². The molecule has 0 fully saturated rings. The van der Waals surface area contributed by atoms with E-state index in [1.807, 2.05) is 13.8 Å². The number of rotatable bonds is 7. The van der Waals surface area contributed by atoms with Gasteiger partial charge in [-0.1, -0.05) is 30.7 Å². The molecule has 0 spiro atoms. The fourth-order valence-electron chi connectivity index (χ4n) is 2.52. The third kappa shape index (κ3) is 4.99. The molecule has 7 heteroatoms. The molecule has 2 aromatic carbocycles. The van der Waals surface area contributed by atoms with Crippen LogP contribution in [-0.2, 0) is 9.84 Å². The highest BCUT2D eigenvalue weighted by molar-refractivity contribution is 7.90. The van der Waals surface area contributed by atoms with Crippen LogP contribution in [0.15, 0.2) is 47.4 Å². The van der Waals surface area contributed by atoms with Crippen molar-refractivity contribution in [2.45, 2.75) is 31.2 Å². The number of hydrogen-bond acceptors (Lipinski definition) is 4. The van der Waals surface area contributed by atoms with E-state index in [1.54, 1.807) is 42.5 Å². The minimum Gasteiger partial charge on any atom is -0.492 e. The maximum Gasteiger partial charge on any atom is 0.251 e. The minimum absolute atomic E-state index is 0.235. The number of nitrogens with one attached hydrogen (secondary N) is 1. The van der Waals surface area contributed by atoms with Crippen molar-refractivity contribution in [2.75, 3.05) is 12.9 Å². The highest BCUT2D eigenvalue weighted by Crippen LogP contribution is 2.26. The summed E-state index contributed by atoms with van der Waals surface area (Å²) in [4.78, 5) is 12.8. The van der Waals surface area contributed by atoms with E-state index in [9.17, 15) is 13.2 Å². The average Bonchev–Trinajstić information content (AvgIpc) is 2.60. The molecule has 0 aliphatic heterocycles. The second-order valence-corrected chi connectivity index (χ2v) is 8.28. The third-order valence-corrected chi connectivity index (χ3v) is 5.34. The summed E-state index contributed by atoms with van der Waals surface area (Å²) in [7, 11) is -3.25. The van der Waals surface area contributed by atoms with Gasteiger partial charge in [0.15, 0.2) is 9.84 Å². The molecule has 1 amide bonds. The summed E-state index contributed by atoms with van der Waals surface area (Å²) in [6.45, 7) is 4.30. The molecule has 0 aliphatic carbocycles. The lowest BCUT2D eigenvalue weighted by molar-refractivity contribution is 0.0935. The molecule has 0 unspecified atom stereocenters. The smallest absolute Gasteiger partial charge is 0.251 e. The number of carbonyl (C=O) groups is 1. The lowest BCUT2D eigenvalue weighted by Crippen LogP contribution is -2.28. The summed E-state index contributed by atoms with van der Waals surface area (Å²) in [5, 5.41) is 3.33. The van der Waals surface area contributed by atoms with E-state index < -0.39 is 9.84 Å². The van der Waals surface area contributed by atoms with E-state index in [2.05, 4.69) is 5.32 Å². The maximum atomic E-state index is 12.5. The van der Waals surface area contributed by atoms with Gasteiger partial charge in [0.25, 0.3) is 5.91 Å². The zero-order valence-corrected chi connectivity index (χ0v) is 16.5. The Labute approximate surface area is 159 Å². The Kier molecular flexibility index (Phi) is 6.67. The Morgan fingerprint density at radius 1 is 1.15 bits per heavy atom. The van der Waals surface area contributed by atoms with E-state index in [0.717, 1.165) is 11.8 Å². The van der Waals surface area contributed by atoms with Crippen molar-refractivity contribution in [1.29, 1.82) is 0 Å². The van der Waals surface area contributed by atoms with Crippen LogP contribution in [0.25, 0.3) is 0 Å². The Morgan fingerprint density at radius 3 is 2.31 bits per heavy atom. The van der Waals surface area contributed by atoms with Gasteiger partial charge in [-0.3, -0.25) is 4.79 Å².